The smallest absolute Gasteiger partial charge is 0.336 e. The molecule has 0 aromatic rings. The van der Waals surface area contributed by atoms with E-state index in [0.717, 1.165) is 0 Å². The summed E-state index contributed by atoms with van der Waals surface area (Å²) in [6.07, 6.45) is 1.16. The molecule has 1 atom stereocenters. The van der Waals surface area contributed by atoms with E-state index in [1.165, 1.54) is 25.5 Å². The van der Waals surface area contributed by atoms with Crippen LogP contribution >= 0.6 is 7.37 Å². The molecule has 7 heteroatoms. The van der Waals surface area contributed by atoms with Crippen molar-refractivity contribution in [1.29, 1.82) is 0 Å². The van der Waals surface area contributed by atoms with Gasteiger partial charge >= 0.3 is 11.9 Å². The van der Waals surface area contributed by atoms with Crippen LogP contribution in [0.25, 0.3) is 0 Å². The Labute approximate surface area is 112 Å². The predicted octanol–water partition coefficient (Wildman–Crippen LogP) is 1.76. The topological polar surface area (TPSA) is 78.9 Å². The van der Waals surface area contributed by atoms with Gasteiger partial charge in [-0.05, 0) is 0 Å². The Kier molecular flexibility index (Phi) is 8.03. The van der Waals surface area contributed by atoms with E-state index in [0.29, 0.717) is 0 Å². The summed E-state index contributed by atoms with van der Waals surface area (Å²) in [6, 6.07) is 0. The highest BCUT2D eigenvalue weighted by atomic mass is 31.2. The van der Waals surface area contributed by atoms with Gasteiger partial charge in [-0.2, -0.15) is 0 Å². The maximum atomic E-state index is 11.6. The molecule has 0 radical (unpaired) electrons. The summed E-state index contributed by atoms with van der Waals surface area (Å²) >= 11 is 0. The first-order valence-corrected chi connectivity index (χ1v) is 8.09. The molecule has 0 aliphatic carbocycles. The first-order chi connectivity index (χ1) is 8.80. The third-order valence-electron chi connectivity index (χ3n) is 1.70. The summed E-state index contributed by atoms with van der Waals surface area (Å²) in [5.74, 6) is -1.44. The van der Waals surface area contributed by atoms with E-state index < -0.39 is 25.4 Å². The molecule has 0 N–H and O–H groups in total. The Balaban J connectivity index is 4.61. The Morgan fingerprint density at radius 2 is 1.68 bits per heavy atom. The SMILES string of the molecule is C=CCOC(=O)CC(OP(C)(C)=O)C(=O)OCC=C. The van der Waals surface area contributed by atoms with Crippen LogP contribution in [0.5, 0.6) is 0 Å². The molecule has 0 aromatic heterocycles. The average Bonchev–Trinajstić information content (AvgIpc) is 2.30. The van der Waals surface area contributed by atoms with E-state index in [-0.39, 0.29) is 19.6 Å². The van der Waals surface area contributed by atoms with Crippen LogP contribution in [0.2, 0.25) is 0 Å². The molecule has 0 bridgehead atoms. The molecule has 0 fully saturated rings. The molecular formula is C12H19O6P. The number of esters is 2. The lowest BCUT2D eigenvalue weighted by Crippen LogP contribution is -2.29. The van der Waals surface area contributed by atoms with Gasteiger partial charge in [-0.3, -0.25) is 9.36 Å². The molecule has 0 rings (SSSR count). The Morgan fingerprint density at radius 1 is 1.16 bits per heavy atom. The van der Waals surface area contributed by atoms with Crippen LogP contribution in [0, 0.1) is 0 Å². The van der Waals surface area contributed by atoms with Crippen molar-refractivity contribution in [2.45, 2.75) is 12.5 Å². The first-order valence-electron chi connectivity index (χ1n) is 5.57. The van der Waals surface area contributed by atoms with Crippen molar-refractivity contribution in [2.24, 2.45) is 0 Å². The summed E-state index contributed by atoms with van der Waals surface area (Å²) in [7, 11) is -2.94. The van der Waals surface area contributed by atoms with Gasteiger partial charge in [0.2, 0.25) is 0 Å². The van der Waals surface area contributed by atoms with Gasteiger partial charge in [0.15, 0.2) is 13.5 Å². The number of hydrogen-bond acceptors (Lipinski definition) is 6. The lowest BCUT2D eigenvalue weighted by molar-refractivity contribution is -0.157. The Bertz CT molecular complexity index is 384. The third kappa shape index (κ3) is 9.22. The lowest BCUT2D eigenvalue weighted by atomic mass is 10.2. The largest absolute Gasteiger partial charge is 0.461 e. The number of carbonyl (C=O) groups excluding carboxylic acids is 2. The van der Waals surface area contributed by atoms with Gasteiger partial charge in [-0.1, -0.05) is 25.3 Å². The van der Waals surface area contributed by atoms with Crippen LogP contribution in [-0.2, 0) is 28.2 Å². The predicted molar refractivity (Wildman–Crippen MR) is 71.3 cm³/mol. The monoisotopic (exact) mass is 290 g/mol. The standard InChI is InChI=1S/C12H19O6P/c1-5-7-16-11(13)9-10(18-19(3,4)15)12(14)17-8-6-2/h5-6,10H,1-2,7-9H2,3-4H3. The minimum Gasteiger partial charge on any atom is -0.461 e. The Hall–Kier alpha value is -1.39. The van der Waals surface area contributed by atoms with Crippen molar-refractivity contribution >= 4 is 19.3 Å². The number of ether oxygens (including phenoxy) is 2. The second-order valence-corrected chi connectivity index (χ2v) is 6.66. The summed E-state index contributed by atoms with van der Waals surface area (Å²) in [5.41, 5.74) is 0. The van der Waals surface area contributed by atoms with Crippen molar-refractivity contribution < 1.29 is 28.2 Å². The molecule has 0 saturated heterocycles. The molecule has 19 heavy (non-hydrogen) atoms. The second-order valence-electron chi connectivity index (χ2n) is 3.94. The van der Waals surface area contributed by atoms with Crippen molar-refractivity contribution in [3.05, 3.63) is 25.3 Å². The third-order valence-corrected chi connectivity index (χ3v) is 2.46. The van der Waals surface area contributed by atoms with Crippen LogP contribution in [-0.4, -0.2) is 44.6 Å². The van der Waals surface area contributed by atoms with Crippen molar-refractivity contribution in [3.63, 3.8) is 0 Å². The van der Waals surface area contributed by atoms with E-state index in [9.17, 15) is 14.2 Å². The van der Waals surface area contributed by atoms with Crippen molar-refractivity contribution in [3.8, 4) is 0 Å². The molecule has 0 saturated carbocycles. The van der Waals surface area contributed by atoms with Crippen LogP contribution in [0.4, 0.5) is 0 Å². The summed E-state index contributed by atoms with van der Waals surface area (Å²) < 4.78 is 26.2. The average molecular weight is 290 g/mol. The summed E-state index contributed by atoms with van der Waals surface area (Å²) in [6.45, 7) is 9.49. The quantitative estimate of drug-likeness (QED) is 0.366. The van der Waals surface area contributed by atoms with Gasteiger partial charge < -0.3 is 14.0 Å². The van der Waals surface area contributed by atoms with Gasteiger partial charge in [0, 0.05) is 13.3 Å². The van der Waals surface area contributed by atoms with Gasteiger partial charge in [0.05, 0.1) is 6.42 Å². The van der Waals surface area contributed by atoms with Gasteiger partial charge in [-0.25, -0.2) is 4.79 Å². The number of rotatable bonds is 9. The zero-order valence-corrected chi connectivity index (χ0v) is 12.1. The molecule has 1 unspecified atom stereocenters. The maximum absolute atomic E-state index is 11.6. The molecule has 0 spiro atoms. The fourth-order valence-electron chi connectivity index (χ4n) is 1.07. The summed E-state index contributed by atoms with van der Waals surface area (Å²) in [5, 5.41) is 0. The highest BCUT2D eigenvalue weighted by Gasteiger charge is 2.29. The zero-order valence-electron chi connectivity index (χ0n) is 11.2. The maximum Gasteiger partial charge on any atom is 0.336 e. The fraction of sp³-hybridized carbons (Fsp3) is 0.500. The zero-order chi connectivity index (χ0) is 14.9. The first kappa shape index (κ1) is 17.6. The molecule has 0 aliphatic heterocycles. The van der Waals surface area contributed by atoms with E-state index in [1.807, 2.05) is 0 Å². The highest BCUT2D eigenvalue weighted by molar-refractivity contribution is 7.57. The minimum absolute atomic E-state index is 0.0157. The van der Waals surface area contributed by atoms with Gasteiger partial charge in [0.1, 0.15) is 13.2 Å². The molecule has 0 amide bonds. The van der Waals surface area contributed by atoms with Crippen LogP contribution < -0.4 is 0 Å². The fourth-order valence-corrected chi connectivity index (χ4v) is 1.84. The number of hydrogen-bond donors (Lipinski definition) is 0. The van der Waals surface area contributed by atoms with Crippen LogP contribution in [0.15, 0.2) is 25.3 Å². The molecule has 0 aliphatic rings. The number of carbonyl (C=O) groups is 2. The normalized spacial score (nSPS) is 12.3. The molecule has 6 nitrogen and oxygen atoms in total. The van der Waals surface area contributed by atoms with E-state index in [1.54, 1.807) is 0 Å². The van der Waals surface area contributed by atoms with Crippen LogP contribution in [0.3, 0.4) is 0 Å². The van der Waals surface area contributed by atoms with E-state index in [4.69, 9.17) is 14.0 Å². The van der Waals surface area contributed by atoms with Crippen molar-refractivity contribution in [1.82, 2.24) is 0 Å². The van der Waals surface area contributed by atoms with E-state index >= 15 is 0 Å². The van der Waals surface area contributed by atoms with E-state index in [2.05, 4.69) is 13.2 Å². The molecule has 108 valence electrons. The van der Waals surface area contributed by atoms with Crippen molar-refractivity contribution in [2.75, 3.05) is 26.5 Å². The second kappa shape index (κ2) is 8.67. The van der Waals surface area contributed by atoms with Gasteiger partial charge in [0.25, 0.3) is 0 Å². The minimum atomic E-state index is -2.94. The highest BCUT2D eigenvalue weighted by Crippen LogP contribution is 2.39. The summed E-state index contributed by atoms with van der Waals surface area (Å²) in [4.78, 5) is 23.1. The Morgan fingerprint density at radius 3 is 2.16 bits per heavy atom. The molecular weight excluding hydrogens is 271 g/mol. The molecule has 0 aromatic carbocycles. The lowest BCUT2D eigenvalue weighted by Gasteiger charge is -2.18. The van der Waals surface area contributed by atoms with Gasteiger partial charge in [-0.15, -0.1) is 0 Å². The molecule has 0 heterocycles. The van der Waals surface area contributed by atoms with Crippen LogP contribution in [0.1, 0.15) is 6.42 Å².